The first-order valence-electron chi connectivity index (χ1n) is 5.50. The molecular weight excluding hydrogens is 239 g/mol. The molecule has 0 aromatic heterocycles. The summed E-state index contributed by atoms with van der Waals surface area (Å²) in [7, 11) is 0. The van der Waals surface area contributed by atoms with Crippen LogP contribution in [0.2, 0.25) is 0 Å². The molecule has 0 bridgehead atoms. The van der Waals surface area contributed by atoms with E-state index in [9.17, 15) is 14.0 Å². The average Bonchev–Trinajstić information content (AvgIpc) is 2.29. The Morgan fingerprint density at radius 2 is 2.11 bits per heavy atom. The van der Waals surface area contributed by atoms with Crippen LogP contribution in [-0.2, 0) is 4.79 Å². The zero-order valence-corrected chi connectivity index (χ0v) is 10.2. The molecule has 0 aliphatic rings. The highest BCUT2D eigenvalue weighted by molar-refractivity contribution is 5.92. The molecule has 2 amide bonds. The quantitative estimate of drug-likeness (QED) is 0.770. The number of nitrogens with one attached hydrogen (secondary N) is 2. The van der Waals surface area contributed by atoms with Crippen LogP contribution in [0.15, 0.2) is 18.2 Å². The Bertz CT molecular complexity index is 463. The van der Waals surface area contributed by atoms with Crippen LogP contribution in [0.4, 0.5) is 14.9 Å². The van der Waals surface area contributed by atoms with Crippen molar-refractivity contribution in [3.05, 3.63) is 29.6 Å². The van der Waals surface area contributed by atoms with Gasteiger partial charge in [0, 0.05) is 5.69 Å². The third-order valence-corrected chi connectivity index (χ3v) is 2.45. The molecule has 1 aromatic rings. The molecule has 1 unspecified atom stereocenters. The topological polar surface area (TPSA) is 78.4 Å². The van der Waals surface area contributed by atoms with Crippen LogP contribution in [0, 0.1) is 12.7 Å². The number of halogens is 1. The lowest BCUT2D eigenvalue weighted by atomic mass is 10.2. The maximum Gasteiger partial charge on any atom is 0.326 e. The van der Waals surface area contributed by atoms with Gasteiger partial charge in [0.15, 0.2) is 0 Å². The minimum absolute atomic E-state index is 0.283. The first-order chi connectivity index (χ1) is 8.43. The van der Waals surface area contributed by atoms with Gasteiger partial charge in [-0.2, -0.15) is 0 Å². The third kappa shape index (κ3) is 3.73. The number of carboxylic acids is 1. The van der Waals surface area contributed by atoms with Crippen molar-refractivity contribution in [2.45, 2.75) is 26.3 Å². The Hall–Kier alpha value is -2.11. The van der Waals surface area contributed by atoms with Crippen molar-refractivity contribution >= 4 is 17.7 Å². The van der Waals surface area contributed by atoms with Gasteiger partial charge in [-0.3, -0.25) is 0 Å². The average molecular weight is 254 g/mol. The number of anilines is 1. The maximum absolute atomic E-state index is 12.8. The van der Waals surface area contributed by atoms with Crippen LogP contribution in [0.3, 0.4) is 0 Å². The number of amides is 2. The van der Waals surface area contributed by atoms with E-state index in [1.807, 2.05) is 0 Å². The van der Waals surface area contributed by atoms with E-state index < -0.39 is 23.9 Å². The Morgan fingerprint density at radius 1 is 1.44 bits per heavy atom. The van der Waals surface area contributed by atoms with Gasteiger partial charge in [-0.15, -0.1) is 0 Å². The van der Waals surface area contributed by atoms with Crippen LogP contribution < -0.4 is 10.6 Å². The molecule has 0 heterocycles. The molecule has 3 N–H and O–H groups in total. The fourth-order valence-corrected chi connectivity index (χ4v) is 1.42. The molecule has 1 aromatic carbocycles. The number of urea groups is 1. The van der Waals surface area contributed by atoms with Gasteiger partial charge in [-0.25, -0.2) is 14.0 Å². The van der Waals surface area contributed by atoms with Crippen molar-refractivity contribution in [2.75, 3.05) is 5.32 Å². The van der Waals surface area contributed by atoms with Crippen molar-refractivity contribution < 1.29 is 19.1 Å². The van der Waals surface area contributed by atoms with Crippen molar-refractivity contribution in [3.8, 4) is 0 Å². The Morgan fingerprint density at radius 3 is 2.61 bits per heavy atom. The summed E-state index contributed by atoms with van der Waals surface area (Å²) in [5.74, 6) is -1.49. The molecule has 1 rings (SSSR count). The zero-order valence-electron chi connectivity index (χ0n) is 10.2. The van der Waals surface area contributed by atoms with Crippen LogP contribution in [0.25, 0.3) is 0 Å². The van der Waals surface area contributed by atoms with E-state index in [-0.39, 0.29) is 6.42 Å². The van der Waals surface area contributed by atoms with Crippen LogP contribution in [0.1, 0.15) is 18.9 Å². The smallest absolute Gasteiger partial charge is 0.326 e. The normalized spacial score (nSPS) is 11.7. The second-order valence-electron chi connectivity index (χ2n) is 3.86. The number of carboxylic acid groups (broad SMARTS) is 1. The minimum Gasteiger partial charge on any atom is -0.480 e. The molecule has 5 nitrogen and oxygen atoms in total. The number of carbonyl (C=O) groups excluding carboxylic acids is 1. The molecule has 0 saturated heterocycles. The summed E-state index contributed by atoms with van der Waals surface area (Å²) in [6.07, 6.45) is 0.283. The van der Waals surface area contributed by atoms with E-state index in [2.05, 4.69) is 10.6 Å². The summed E-state index contributed by atoms with van der Waals surface area (Å²) >= 11 is 0. The van der Waals surface area contributed by atoms with Gasteiger partial charge in [0.25, 0.3) is 0 Å². The number of carbonyl (C=O) groups is 2. The molecule has 0 aliphatic heterocycles. The number of benzene rings is 1. The molecule has 0 fully saturated rings. The lowest BCUT2D eigenvalue weighted by molar-refractivity contribution is -0.139. The summed E-state index contributed by atoms with van der Waals surface area (Å²) in [6, 6.07) is 2.36. The van der Waals surface area contributed by atoms with Crippen LogP contribution >= 0.6 is 0 Å². The third-order valence-electron chi connectivity index (χ3n) is 2.45. The second-order valence-corrected chi connectivity index (χ2v) is 3.86. The lowest BCUT2D eigenvalue weighted by Gasteiger charge is -2.14. The van der Waals surface area contributed by atoms with E-state index in [1.165, 1.54) is 18.2 Å². The zero-order chi connectivity index (χ0) is 13.7. The first kappa shape index (κ1) is 14.0. The van der Waals surface area contributed by atoms with Crippen LogP contribution in [-0.4, -0.2) is 23.1 Å². The molecule has 98 valence electrons. The number of aryl methyl sites for hydroxylation is 1. The van der Waals surface area contributed by atoms with Crippen LogP contribution in [0.5, 0.6) is 0 Å². The van der Waals surface area contributed by atoms with Crippen molar-refractivity contribution in [2.24, 2.45) is 0 Å². The van der Waals surface area contributed by atoms with E-state index >= 15 is 0 Å². The fourth-order valence-electron chi connectivity index (χ4n) is 1.42. The predicted molar refractivity (Wildman–Crippen MR) is 65.0 cm³/mol. The molecule has 0 spiro atoms. The summed E-state index contributed by atoms with van der Waals surface area (Å²) < 4.78 is 12.8. The van der Waals surface area contributed by atoms with Gasteiger partial charge in [0.05, 0.1) is 0 Å². The number of hydrogen-bond donors (Lipinski definition) is 3. The monoisotopic (exact) mass is 254 g/mol. The Kier molecular flexibility index (Phi) is 4.65. The molecule has 1 atom stereocenters. The van der Waals surface area contributed by atoms with E-state index in [1.54, 1.807) is 13.8 Å². The number of rotatable bonds is 4. The summed E-state index contributed by atoms with van der Waals surface area (Å²) in [4.78, 5) is 22.3. The van der Waals surface area contributed by atoms with Gasteiger partial charge in [-0.1, -0.05) is 6.92 Å². The molecule has 18 heavy (non-hydrogen) atoms. The SMILES string of the molecule is CCC(NC(=O)Nc1ccc(F)cc1C)C(=O)O. The standard InChI is InChI=1S/C12H15FN2O3/c1-3-9(11(16)17)14-12(18)15-10-5-4-8(13)6-7(10)2/h4-6,9H,3H2,1-2H3,(H,16,17)(H2,14,15,18). The Labute approximate surface area is 104 Å². The maximum atomic E-state index is 12.8. The summed E-state index contributed by atoms with van der Waals surface area (Å²) in [5, 5.41) is 13.6. The van der Waals surface area contributed by atoms with Gasteiger partial charge < -0.3 is 15.7 Å². The highest BCUT2D eigenvalue weighted by Gasteiger charge is 2.17. The van der Waals surface area contributed by atoms with Crippen molar-refractivity contribution in [3.63, 3.8) is 0 Å². The molecule has 0 aliphatic carbocycles. The van der Waals surface area contributed by atoms with Gasteiger partial charge >= 0.3 is 12.0 Å². The highest BCUT2D eigenvalue weighted by atomic mass is 19.1. The van der Waals surface area contributed by atoms with Gasteiger partial charge in [-0.05, 0) is 37.1 Å². The summed E-state index contributed by atoms with van der Waals surface area (Å²) in [6.45, 7) is 3.30. The van der Waals surface area contributed by atoms with E-state index in [0.29, 0.717) is 11.3 Å². The van der Waals surface area contributed by atoms with E-state index in [0.717, 1.165) is 0 Å². The Balaban J connectivity index is 2.67. The number of hydrogen-bond acceptors (Lipinski definition) is 2. The van der Waals surface area contributed by atoms with Gasteiger partial charge in [0.1, 0.15) is 11.9 Å². The molecular formula is C12H15FN2O3. The highest BCUT2D eigenvalue weighted by Crippen LogP contribution is 2.15. The molecule has 0 radical (unpaired) electrons. The minimum atomic E-state index is -1.09. The first-order valence-corrected chi connectivity index (χ1v) is 5.50. The summed E-state index contributed by atoms with van der Waals surface area (Å²) in [5.41, 5.74) is 1.00. The largest absolute Gasteiger partial charge is 0.480 e. The molecule has 6 heteroatoms. The second kappa shape index (κ2) is 6.00. The van der Waals surface area contributed by atoms with Gasteiger partial charge in [0.2, 0.25) is 0 Å². The molecule has 0 saturated carbocycles. The number of aliphatic carboxylic acids is 1. The fraction of sp³-hybridized carbons (Fsp3) is 0.333. The van der Waals surface area contributed by atoms with Crippen molar-refractivity contribution in [1.29, 1.82) is 0 Å². The van der Waals surface area contributed by atoms with Crippen molar-refractivity contribution in [1.82, 2.24) is 5.32 Å². The van der Waals surface area contributed by atoms with E-state index in [4.69, 9.17) is 5.11 Å². The predicted octanol–water partition coefficient (Wildman–Crippen LogP) is 2.12. The lowest BCUT2D eigenvalue weighted by Crippen LogP contribution is -2.42.